The molecule has 1 aliphatic carbocycles. The number of hydrogen-bond acceptors (Lipinski definition) is 4. The first-order chi connectivity index (χ1) is 11.5. The van der Waals surface area contributed by atoms with Gasteiger partial charge in [0.15, 0.2) is 0 Å². The van der Waals surface area contributed by atoms with Gasteiger partial charge in [-0.3, -0.25) is 0 Å². The molecule has 0 unspecified atom stereocenters. The number of ether oxygens (including phenoxy) is 2. The molecule has 0 spiro atoms. The Morgan fingerprint density at radius 3 is 2.12 bits per heavy atom. The number of rotatable bonds is 6. The lowest BCUT2D eigenvalue weighted by atomic mass is 9.68. The van der Waals surface area contributed by atoms with Crippen molar-refractivity contribution in [2.45, 2.75) is 64.6 Å². The van der Waals surface area contributed by atoms with Crippen LogP contribution in [-0.4, -0.2) is 22.2 Å². The average Bonchev–Trinajstić information content (AvgIpc) is 2.45. The molecule has 1 saturated carbocycles. The van der Waals surface area contributed by atoms with Crippen molar-refractivity contribution in [1.82, 2.24) is 9.97 Å². The minimum Gasteiger partial charge on any atom is -0.475 e. The van der Waals surface area contributed by atoms with E-state index in [1.165, 1.54) is 12.0 Å². The van der Waals surface area contributed by atoms with Gasteiger partial charge in [-0.1, -0.05) is 30.3 Å². The van der Waals surface area contributed by atoms with Gasteiger partial charge in [0.05, 0.1) is 17.9 Å². The van der Waals surface area contributed by atoms with Crippen molar-refractivity contribution in [2.24, 2.45) is 0 Å². The molecule has 0 bridgehead atoms. The van der Waals surface area contributed by atoms with E-state index >= 15 is 0 Å². The molecule has 0 N–H and O–H groups in total. The second kappa shape index (κ2) is 7.20. The third-order valence-electron chi connectivity index (χ3n) is 4.28. The van der Waals surface area contributed by atoms with Crippen LogP contribution in [0.1, 0.15) is 63.6 Å². The van der Waals surface area contributed by atoms with Crippen molar-refractivity contribution < 1.29 is 9.47 Å². The number of aromatic nitrogens is 2. The lowest BCUT2D eigenvalue weighted by molar-refractivity contribution is 0.200. The van der Waals surface area contributed by atoms with Crippen molar-refractivity contribution in [1.29, 1.82) is 0 Å². The van der Waals surface area contributed by atoms with Gasteiger partial charge in [-0.15, -0.1) is 0 Å². The first kappa shape index (κ1) is 16.7. The summed E-state index contributed by atoms with van der Waals surface area (Å²) in [6, 6.07) is 13.1. The van der Waals surface area contributed by atoms with Crippen LogP contribution in [0.15, 0.2) is 36.4 Å². The highest BCUT2D eigenvalue weighted by molar-refractivity contribution is 5.31. The second-order valence-corrected chi connectivity index (χ2v) is 6.95. The van der Waals surface area contributed by atoms with Gasteiger partial charge in [-0.2, -0.15) is 9.97 Å². The third kappa shape index (κ3) is 3.86. The Morgan fingerprint density at radius 1 is 0.875 bits per heavy atom. The minimum atomic E-state index is 0.0402. The third-order valence-corrected chi connectivity index (χ3v) is 4.28. The SMILES string of the molecule is CC(C)Oc1cc([C@H]2CC[C@H]2c2ccccc2)nc(OC(C)C)n1. The van der Waals surface area contributed by atoms with E-state index in [0.717, 1.165) is 12.1 Å². The molecule has 2 atom stereocenters. The molecule has 1 fully saturated rings. The largest absolute Gasteiger partial charge is 0.475 e. The predicted octanol–water partition coefficient (Wildman–Crippen LogP) is 4.71. The quantitative estimate of drug-likeness (QED) is 0.771. The average molecular weight is 326 g/mol. The summed E-state index contributed by atoms with van der Waals surface area (Å²) in [5.41, 5.74) is 2.40. The van der Waals surface area contributed by atoms with Crippen molar-refractivity contribution in [3.05, 3.63) is 47.7 Å². The minimum absolute atomic E-state index is 0.0402. The van der Waals surface area contributed by atoms with Crippen molar-refractivity contribution >= 4 is 0 Å². The monoisotopic (exact) mass is 326 g/mol. The van der Waals surface area contributed by atoms with Gasteiger partial charge in [-0.25, -0.2) is 0 Å². The van der Waals surface area contributed by atoms with E-state index in [1.54, 1.807) is 0 Å². The summed E-state index contributed by atoms with van der Waals surface area (Å²) in [5.74, 6) is 1.52. The molecule has 1 aromatic carbocycles. The predicted molar refractivity (Wildman–Crippen MR) is 94.7 cm³/mol. The van der Waals surface area contributed by atoms with Crippen molar-refractivity contribution in [2.75, 3.05) is 0 Å². The van der Waals surface area contributed by atoms with Gasteiger partial charge in [0, 0.05) is 12.0 Å². The maximum atomic E-state index is 5.81. The summed E-state index contributed by atoms with van der Waals surface area (Å²) < 4.78 is 11.5. The molecule has 24 heavy (non-hydrogen) atoms. The van der Waals surface area contributed by atoms with E-state index in [0.29, 0.717) is 23.7 Å². The van der Waals surface area contributed by atoms with Crippen LogP contribution in [0, 0.1) is 0 Å². The van der Waals surface area contributed by atoms with Gasteiger partial charge in [0.25, 0.3) is 0 Å². The molecular formula is C20H26N2O2. The molecule has 0 amide bonds. The summed E-state index contributed by atoms with van der Waals surface area (Å²) in [4.78, 5) is 9.06. The van der Waals surface area contributed by atoms with Crippen LogP contribution in [0.4, 0.5) is 0 Å². The van der Waals surface area contributed by atoms with Crippen LogP contribution >= 0.6 is 0 Å². The molecule has 1 aromatic heterocycles. The van der Waals surface area contributed by atoms with Crippen LogP contribution in [0.2, 0.25) is 0 Å². The standard InChI is InChI=1S/C20H26N2O2/c1-13(2)23-19-12-18(21-20(22-19)24-14(3)4)17-11-10-16(17)15-8-6-5-7-9-15/h5-9,12-14,16-17H,10-11H2,1-4H3/t16-,17-/m0/s1. The normalized spacial score (nSPS) is 20.1. The highest BCUT2D eigenvalue weighted by atomic mass is 16.5. The Labute approximate surface area is 144 Å². The van der Waals surface area contributed by atoms with Crippen LogP contribution < -0.4 is 9.47 Å². The van der Waals surface area contributed by atoms with E-state index in [-0.39, 0.29) is 12.2 Å². The fourth-order valence-corrected chi connectivity index (χ4v) is 3.13. The highest BCUT2D eigenvalue weighted by Gasteiger charge is 2.35. The van der Waals surface area contributed by atoms with Crippen LogP contribution in [0.25, 0.3) is 0 Å². The zero-order valence-electron chi connectivity index (χ0n) is 14.9. The van der Waals surface area contributed by atoms with Crippen LogP contribution in [-0.2, 0) is 0 Å². The molecule has 4 nitrogen and oxygen atoms in total. The number of hydrogen-bond donors (Lipinski definition) is 0. The smallest absolute Gasteiger partial charge is 0.320 e. The topological polar surface area (TPSA) is 44.2 Å². The van der Waals surface area contributed by atoms with Gasteiger partial charge in [-0.05, 0) is 52.0 Å². The van der Waals surface area contributed by atoms with E-state index in [4.69, 9.17) is 9.47 Å². The van der Waals surface area contributed by atoms with E-state index in [1.807, 2.05) is 33.8 Å². The van der Waals surface area contributed by atoms with Gasteiger partial charge in [0.2, 0.25) is 5.88 Å². The Bertz CT molecular complexity index is 642. The lowest BCUT2D eigenvalue weighted by Gasteiger charge is -2.36. The molecule has 4 heteroatoms. The first-order valence-corrected chi connectivity index (χ1v) is 8.80. The number of benzene rings is 1. The molecule has 0 aliphatic heterocycles. The molecule has 0 radical (unpaired) electrons. The van der Waals surface area contributed by atoms with Crippen LogP contribution in [0.5, 0.6) is 11.9 Å². The molecule has 2 aromatic rings. The Kier molecular flexibility index (Phi) is 5.03. The zero-order chi connectivity index (χ0) is 17.1. The Hall–Kier alpha value is -2.10. The van der Waals surface area contributed by atoms with E-state index in [2.05, 4.69) is 40.3 Å². The fraction of sp³-hybridized carbons (Fsp3) is 0.500. The molecule has 1 heterocycles. The summed E-state index contributed by atoms with van der Waals surface area (Å²) in [6.45, 7) is 7.96. The van der Waals surface area contributed by atoms with Gasteiger partial charge in [0.1, 0.15) is 0 Å². The molecular weight excluding hydrogens is 300 g/mol. The second-order valence-electron chi connectivity index (χ2n) is 6.95. The fourth-order valence-electron chi connectivity index (χ4n) is 3.13. The van der Waals surface area contributed by atoms with Crippen molar-refractivity contribution in [3.63, 3.8) is 0 Å². The Morgan fingerprint density at radius 2 is 1.54 bits per heavy atom. The maximum absolute atomic E-state index is 5.81. The first-order valence-electron chi connectivity index (χ1n) is 8.80. The molecule has 128 valence electrons. The van der Waals surface area contributed by atoms with E-state index in [9.17, 15) is 0 Å². The van der Waals surface area contributed by atoms with Crippen LogP contribution in [0.3, 0.4) is 0 Å². The van der Waals surface area contributed by atoms with E-state index < -0.39 is 0 Å². The zero-order valence-corrected chi connectivity index (χ0v) is 14.9. The van der Waals surface area contributed by atoms with Gasteiger partial charge >= 0.3 is 6.01 Å². The summed E-state index contributed by atoms with van der Waals surface area (Å²) in [7, 11) is 0. The number of nitrogens with zero attached hydrogens (tertiary/aromatic N) is 2. The lowest BCUT2D eigenvalue weighted by Crippen LogP contribution is -2.23. The maximum Gasteiger partial charge on any atom is 0.320 e. The summed E-state index contributed by atoms with van der Waals surface area (Å²) >= 11 is 0. The highest BCUT2D eigenvalue weighted by Crippen LogP contribution is 2.49. The molecule has 0 saturated heterocycles. The summed E-state index contributed by atoms with van der Waals surface area (Å²) in [6.07, 6.45) is 2.45. The van der Waals surface area contributed by atoms with Gasteiger partial charge < -0.3 is 9.47 Å². The Balaban J connectivity index is 1.88. The molecule has 3 rings (SSSR count). The van der Waals surface area contributed by atoms with Crippen molar-refractivity contribution in [3.8, 4) is 11.9 Å². The molecule has 1 aliphatic rings. The summed E-state index contributed by atoms with van der Waals surface area (Å²) in [5, 5.41) is 0.